The van der Waals surface area contributed by atoms with Crippen LogP contribution in [0.2, 0.25) is 0 Å². The monoisotopic (exact) mass is 433 g/mol. The number of aryl methyl sites for hydroxylation is 3. The molecule has 1 amide bonds. The summed E-state index contributed by atoms with van der Waals surface area (Å²) in [5, 5.41) is 3.60. The van der Waals surface area contributed by atoms with Gasteiger partial charge >= 0.3 is 0 Å². The molecule has 31 heavy (non-hydrogen) atoms. The lowest BCUT2D eigenvalue weighted by atomic mass is 10.2. The van der Waals surface area contributed by atoms with Crippen LogP contribution in [0.5, 0.6) is 5.75 Å². The molecule has 4 rings (SSSR count). The second-order valence-corrected chi connectivity index (χ2v) is 8.16. The summed E-state index contributed by atoms with van der Waals surface area (Å²) in [5.41, 5.74) is 4.52. The van der Waals surface area contributed by atoms with Crippen LogP contribution in [0, 0.1) is 13.8 Å². The Morgan fingerprint density at radius 2 is 2.00 bits per heavy atom. The standard InChI is InChI=1S/C23H23N5O2S/c1-15-5-4-6-18(11-15)30-13-22(29)26-17-7-8-20-19(12-17)27-21(28(20)3)14-31-23-24-10-9-16(2)25-23/h4-12H,13-14H2,1-3H3,(H,26,29). The van der Waals surface area contributed by atoms with Gasteiger partial charge in [0.1, 0.15) is 11.6 Å². The first-order valence-corrected chi connectivity index (χ1v) is 10.8. The molecule has 0 fully saturated rings. The van der Waals surface area contributed by atoms with E-state index >= 15 is 0 Å². The van der Waals surface area contributed by atoms with Gasteiger partial charge in [-0.05, 0) is 55.8 Å². The van der Waals surface area contributed by atoms with Crippen molar-refractivity contribution in [3.63, 3.8) is 0 Å². The molecule has 0 aliphatic rings. The fourth-order valence-corrected chi connectivity index (χ4v) is 3.99. The van der Waals surface area contributed by atoms with Crippen molar-refractivity contribution in [3.8, 4) is 5.75 Å². The van der Waals surface area contributed by atoms with Crippen LogP contribution in [-0.2, 0) is 17.6 Å². The van der Waals surface area contributed by atoms with Crippen molar-refractivity contribution >= 4 is 34.4 Å². The molecule has 0 unspecified atom stereocenters. The van der Waals surface area contributed by atoms with Crippen LogP contribution in [0.15, 0.2) is 59.9 Å². The Labute approximate surface area is 184 Å². The number of hydrogen-bond donors (Lipinski definition) is 1. The molecule has 0 saturated carbocycles. The first kappa shape index (κ1) is 20.9. The summed E-state index contributed by atoms with van der Waals surface area (Å²) in [7, 11) is 1.98. The summed E-state index contributed by atoms with van der Waals surface area (Å²) in [6.45, 7) is 3.88. The van der Waals surface area contributed by atoms with Crippen LogP contribution in [0.4, 0.5) is 5.69 Å². The Morgan fingerprint density at radius 1 is 1.13 bits per heavy atom. The molecule has 0 atom stereocenters. The fraction of sp³-hybridized carbons (Fsp3) is 0.217. The quantitative estimate of drug-likeness (QED) is 0.346. The molecule has 158 valence electrons. The van der Waals surface area contributed by atoms with Crippen molar-refractivity contribution in [3.05, 3.63) is 71.8 Å². The predicted octanol–water partition coefficient (Wildman–Crippen LogP) is 4.29. The third-order valence-corrected chi connectivity index (χ3v) is 5.58. The van der Waals surface area contributed by atoms with E-state index in [9.17, 15) is 4.79 Å². The summed E-state index contributed by atoms with van der Waals surface area (Å²) in [4.78, 5) is 25.7. The Bertz CT molecular complexity index is 1240. The predicted molar refractivity (Wildman–Crippen MR) is 122 cm³/mol. The van der Waals surface area contributed by atoms with E-state index in [2.05, 4.69) is 15.3 Å². The first-order valence-electron chi connectivity index (χ1n) is 9.85. The maximum Gasteiger partial charge on any atom is 0.262 e. The van der Waals surface area contributed by atoms with Crippen LogP contribution < -0.4 is 10.1 Å². The normalized spacial score (nSPS) is 10.9. The number of thioether (sulfide) groups is 1. The van der Waals surface area contributed by atoms with Gasteiger partial charge in [0.2, 0.25) is 0 Å². The summed E-state index contributed by atoms with van der Waals surface area (Å²) in [6.07, 6.45) is 1.76. The molecule has 2 heterocycles. The molecule has 0 spiro atoms. The van der Waals surface area contributed by atoms with E-state index in [4.69, 9.17) is 9.72 Å². The van der Waals surface area contributed by atoms with Gasteiger partial charge in [-0.25, -0.2) is 15.0 Å². The second kappa shape index (κ2) is 9.18. The van der Waals surface area contributed by atoms with Crippen LogP contribution in [0.1, 0.15) is 17.1 Å². The van der Waals surface area contributed by atoms with E-state index < -0.39 is 0 Å². The van der Waals surface area contributed by atoms with Crippen molar-refractivity contribution in [1.29, 1.82) is 0 Å². The van der Waals surface area contributed by atoms with Gasteiger partial charge in [-0.1, -0.05) is 23.9 Å². The number of nitrogens with zero attached hydrogens (tertiary/aromatic N) is 4. The molecular formula is C23H23N5O2S. The number of anilines is 1. The Morgan fingerprint density at radius 3 is 2.81 bits per heavy atom. The van der Waals surface area contributed by atoms with E-state index in [1.807, 2.05) is 74.0 Å². The molecule has 8 heteroatoms. The molecule has 1 N–H and O–H groups in total. The number of fused-ring (bicyclic) bond motifs is 1. The number of carbonyl (C=O) groups is 1. The van der Waals surface area contributed by atoms with Gasteiger partial charge in [-0.15, -0.1) is 0 Å². The van der Waals surface area contributed by atoms with E-state index in [-0.39, 0.29) is 12.5 Å². The molecule has 4 aromatic rings. The highest BCUT2D eigenvalue weighted by molar-refractivity contribution is 7.98. The molecule has 0 bridgehead atoms. The minimum absolute atomic E-state index is 0.0535. The van der Waals surface area contributed by atoms with Crippen molar-refractivity contribution in [2.75, 3.05) is 11.9 Å². The molecule has 2 aromatic heterocycles. The van der Waals surface area contributed by atoms with Gasteiger partial charge in [-0.2, -0.15) is 0 Å². The topological polar surface area (TPSA) is 81.9 Å². The summed E-state index contributed by atoms with van der Waals surface area (Å²) in [5.74, 6) is 2.02. The lowest BCUT2D eigenvalue weighted by Gasteiger charge is -2.08. The van der Waals surface area contributed by atoms with Gasteiger partial charge < -0.3 is 14.6 Å². The van der Waals surface area contributed by atoms with Crippen molar-refractivity contribution in [1.82, 2.24) is 19.5 Å². The number of rotatable bonds is 7. The maximum atomic E-state index is 12.3. The van der Waals surface area contributed by atoms with Crippen molar-refractivity contribution in [2.24, 2.45) is 7.05 Å². The number of aromatic nitrogens is 4. The number of carbonyl (C=O) groups excluding carboxylic acids is 1. The minimum Gasteiger partial charge on any atom is -0.484 e. The Kier molecular flexibility index (Phi) is 6.18. The van der Waals surface area contributed by atoms with Gasteiger partial charge in [-0.3, -0.25) is 4.79 Å². The maximum absolute atomic E-state index is 12.3. The number of ether oxygens (including phenoxy) is 1. The summed E-state index contributed by atoms with van der Waals surface area (Å²) >= 11 is 1.55. The lowest BCUT2D eigenvalue weighted by molar-refractivity contribution is -0.118. The minimum atomic E-state index is -0.218. The molecule has 0 saturated heterocycles. The van der Waals surface area contributed by atoms with E-state index in [0.29, 0.717) is 17.2 Å². The van der Waals surface area contributed by atoms with E-state index in [0.717, 1.165) is 33.3 Å². The first-order chi connectivity index (χ1) is 15.0. The second-order valence-electron chi connectivity index (χ2n) is 7.21. The highest BCUT2D eigenvalue weighted by Gasteiger charge is 2.11. The zero-order valence-electron chi connectivity index (χ0n) is 17.6. The van der Waals surface area contributed by atoms with E-state index in [1.54, 1.807) is 18.0 Å². The van der Waals surface area contributed by atoms with Crippen molar-refractivity contribution in [2.45, 2.75) is 24.8 Å². The smallest absolute Gasteiger partial charge is 0.262 e. The van der Waals surface area contributed by atoms with Gasteiger partial charge in [0.25, 0.3) is 5.91 Å². The Hall–Kier alpha value is -3.39. The molecule has 2 aromatic carbocycles. The molecule has 0 aliphatic heterocycles. The van der Waals surface area contributed by atoms with E-state index in [1.165, 1.54) is 0 Å². The molecule has 7 nitrogen and oxygen atoms in total. The average Bonchev–Trinajstić information content (AvgIpc) is 3.06. The van der Waals surface area contributed by atoms with Crippen LogP contribution >= 0.6 is 11.8 Å². The average molecular weight is 434 g/mol. The van der Waals surface area contributed by atoms with Crippen LogP contribution in [0.25, 0.3) is 11.0 Å². The highest BCUT2D eigenvalue weighted by Crippen LogP contribution is 2.24. The number of amides is 1. The van der Waals surface area contributed by atoms with Crippen molar-refractivity contribution < 1.29 is 9.53 Å². The third-order valence-electron chi connectivity index (χ3n) is 4.72. The van der Waals surface area contributed by atoms with Gasteiger partial charge in [0.05, 0.1) is 16.8 Å². The number of benzene rings is 2. The fourth-order valence-electron chi connectivity index (χ4n) is 3.13. The molecule has 0 radical (unpaired) electrons. The van der Waals surface area contributed by atoms with Gasteiger partial charge in [0, 0.05) is 24.6 Å². The molecule has 0 aliphatic carbocycles. The molecular weight excluding hydrogens is 410 g/mol. The van der Waals surface area contributed by atoms with Gasteiger partial charge in [0.15, 0.2) is 11.8 Å². The number of nitrogens with one attached hydrogen (secondary N) is 1. The van der Waals surface area contributed by atoms with Crippen LogP contribution in [-0.4, -0.2) is 32.0 Å². The number of hydrogen-bond acceptors (Lipinski definition) is 6. The van der Waals surface area contributed by atoms with Crippen LogP contribution in [0.3, 0.4) is 0 Å². The zero-order valence-corrected chi connectivity index (χ0v) is 18.4. The largest absolute Gasteiger partial charge is 0.484 e. The number of imidazole rings is 1. The lowest BCUT2D eigenvalue weighted by Crippen LogP contribution is -2.20. The highest BCUT2D eigenvalue weighted by atomic mass is 32.2. The third kappa shape index (κ3) is 5.21. The SMILES string of the molecule is Cc1cccc(OCC(=O)Nc2ccc3c(c2)nc(CSc2nccc(C)n2)n3C)c1. The Balaban J connectivity index is 1.41. The summed E-state index contributed by atoms with van der Waals surface area (Å²) < 4.78 is 7.61. The summed E-state index contributed by atoms with van der Waals surface area (Å²) in [6, 6.07) is 15.2. The zero-order chi connectivity index (χ0) is 21.8.